The summed E-state index contributed by atoms with van der Waals surface area (Å²) >= 11 is 0. The van der Waals surface area contributed by atoms with E-state index in [-0.39, 0.29) is 0 Å². The van der Waals surface area contributed by atoms with Gasteiger partial charge in [-0.2, -0.15) is 0 Å². The van der Waals surface area contributed by atoms with E-state index in [0.717, 1.165) is 6.54 Å². The molecule has 0 amide bonds. The van der Waals surface area contributed by atoms with Crippen molar-refractivity contribution in [1.82, 2.24) is 4.90 Å². The predicted octanol–water partition coefficient (Wildman–Crippen LogP) is 2.47. The summed E-state index contributed by atoms with van der Waals surface area (Å²) in [5.41, 5.74) is 9.99. The van der Waals surface area contributed by atoms with Gasteiger partial charge in [-0.05, 0) is 36.1 Å². The van der Waals surface area contributed by atoms with Gasteiger partial charge in [0.05, 0.1) is 0 Å². The fourth-order valence-corrected chi connectivity index (χ4v) is 2.80. The smallest absolute Gasteiger partial charge is 0.0348 e. The highest BCUT2D eigenvalue weighted by Crippen LogP contribution is 2.32. The van der Waals surface area contributed by atoms with Crippen LogP contribution < -0.4 is 5.73 Å². The van der Waals surface area contributed by atoms with Gasteiger partial charge in [-0.1, -0.05) is 32.0 Å². The monoisotopic (exact) mass is 218 g/mol. The Morgan fingerprint density at radius 3 is 2.81 bits per heavy atom. The number of rotatable bonds is 3. The van der Waals surface area contributed by atoms with Crippen LogP contribution in [0, 0.1) is 0 Å². The molecule has 1 heterocycles. The van der Waals surface area contributed by atoms with Crippen molar-refractivity contribution >= 4 is 0 Å². The number of hydrogen-bond donors (Lipinski definition) is 1. The van der Waals surface area contributed by atoms with Gasteiger partial charge in [0.1, 0.15) is 0 Å². The molecule has 1 atom stereocenters. The molecule has 1 aromatic carbocycles. The third-order valence-corrected chi connectivity index (χ3v) is 3.70. The normalized spacial score (nSPS) is 20.8. The Hall–Kier alpha value is -0.860. The van der Waals surface area contributed by atoms with E-state index in [4.69, 9.17) is 5.73 Å². The van der Waals surface area contributed by atoms with Crippen molar-refractivity contribution in [2.75, 3.05) is 13.1 Å². The maximum Gasteiger partial charge on any atom is 0.0348 e. The first kappa shape index (κ1) is 11.6. The molecule has 2 N–H and O–H groups in total. The summed E-state index contributed by atoms with van der Waals surface area (Å²) in [4.78, 5) is 2.57. The zero-order valence-corrected chi connectivity index (χ0v) is 10.4. The molecule has 0 aromatic heterocycles. The van der Waals surface area contributed by atoms with Crippen LogP contribution >= 0.6 is 0 Å². The third-order valence-electron chi connectivity index (χ3n) is 3.70. The molecule has 16 heavy (non-hydrogen) atoms. The minimum atomic E-state index is 0.612. The van der Waals surface area contributed by atoms with Crippen molar-refractivity contribution in [2.24, 2.45) is 5.73 Å². The number of fused-ring (bicyclic) bond motifs is 1. The van der Waals surface area contributed by atoms with Crippen molar-refractivity contribution in [2.45, 2.75) is 39.3 Å². The van der Waals surface area contributed by atoms with Crippen LogP contribution in [0.3, 0.4) is 0 Å². The maximum absolute atomic E-state index is 5.69. The zero-order valence-electron chi connectivity index (χ0n) is 10.4. The van der Waals surface area contributed by atoms with E-state index in [0.29, 0.717) is 12.6 Å². The van der Waals surface area contributed by atoms with Crippen molar-refractivity contribution < 1.29 is 0 Å². The molecule has 1 aromatic rings. The SMILES string of the molecule is CCC1c2ccc(CN)cc2CCN1CC. The van der Waals surface area contributed by atoms with Crippen LogP contribution in [0.25, 0.3) is 0 Å². The molecule has 1 aliphatic heterocycles. The lowest BCUT2D eigenvalue weighted by atomic mass is 9.90. The summed E-state index contributed by atoms with van der Waals surface area (Å²) in [6.07, 6.45) is 2.37. The van der Waals surface area contributed by atoms with Gasteiger partial charge in [-0.25, -0.2) is 0 Å². The summed E-state index contributed by atoms with van der Waals surface area (Å²) in [5, 5.41) is 0. The van der Waals surface area contributed by atoms with Crippen LogP contribution in [0.5, 0.6) is 0 Å². The minimum absolute atomic E-state index is 0.612. The molecular weight excluding hydrogens is 196 g/mol. The van der Waals surface area contributed by atoms with Crippen molar-refractivity contribution in [3.05, 3.63) is 34.9 Å². The summed E-state index contributed by atoms with van der Waals surface area (Å²) in [6.45, 7) is 7.52. The van der Waals surface area contributed by atoms with E-state index in [9.17, 15) is 0 Å². The molecule has 0 radical (unpaired) electrons. The lowest BCUT2D eigenvalue weighted by molar-refractivity contribution is 0.190. The molecular formula is C14H22N2. The lowest BCUT2D eigenvalue weighted by Crippen LogP contribution is -2.35. The van der Waals surface area contributed by atoms with Crippen molar-refractivity contribution in [3.8, 4) is 0 Å². The van der Waals surface area contributed by atoms with Gasteiger partial charge >= 0.3 is 0 Å². The van der Waals surface area contributed by atoms with Crippen molar-refractivity contribution in [3.63, 3.8) is 0 Å². The topological polar surface area (TPSA) is 29.3 Å². The summed E-state index contributed by atoms with van der Waals surface area (Å²) < 4.78 is 0. The molecule has 0 aliphatic carbocycles. The van der Waals surface area contributed by atoms with Gasteiger partial charge < -0.3 is 5.73 Å². The van der Waals surface area contributed by atoms with Gasteiger partial charge in [-0.3, -0.25) is 4.90 Å². The Morgan fingerprint density at radius 1 is 1.38 bits per heavy atom. The predicted molar refractivity (Wildman–Crippen MR) is 68.3 cm³/mol. The van der Waals surface area contributed by atoms with Crippen LogP contribution in [-0.4, -0.2) is 18.0 Å². The largest absolute Gasteiger partial charge is 0.326 e. The highest BCUT2D eigenvalue weighted by molar-refractivity contribution is 5.36. The minimum Gasteiger partial charge on any atom is -0.326 e. The fraction of sp³-hybridized carbons (Fsp3) is 0.571. The van der Waals surface area contributed by atoms with E-state index in [1.165, 1.54) is 36.1 Å². The first-order valence-corrected chi connectivity index (χ1v) is 6.36. The molecule has 0 fully saturated rings. The number of likely N-dealkylation sites (N-methyl/N-ethyl adjacent to an activating group) is 1. The van der Waals surface area contributed by atoms with Crippen LogP contribution in [-0.2, 0) is 13.0 Å². The molecule has 1 aliphatic rings. The first-order valence-electron chi connectivity index (χ1n) is 6.36. The van der Waals surface area contributed by atoms with Gasteiger partial charge in [0.25, 0.3) is 0 Å². The highest BCUT2D eigenvalue weighted by Gasteiger charge is 2.24. The Balaban J connectivity index is 2.34. The Morgan fingerprint density at radius 2 is 2.19 bits per heavy atom. The quantitative estimate of drug-likeness (QED) is 0.844. The van der Waals surface area contributed by atoms with Crippen LogP contribution in [0.2, 0.25) is 0 Å². The summed E-state index contributed by atoms with van der Waals surface area (Å²) in [5.74, 6) is 0. The van der Waals surface area contributed by atoms with Gasteiger partial charge in [0.15, 0.2) is 0 Å². The molecule has 0 bridgehead atoms. The van der Waals surface area contributed by atoms with E-state index < -0.39 is 0 Å². The van der Waals surface area contributed by atoms with E-state index in [1.54, 1.807) is 0 Å². The summed E-state index contributed by atoms with van der Waals surface area (Å²) in [7, 11) is 0. The van der Waals surface area contributed by atoms with Gasteiger partial charge in [-0.15, -0.1) is 0 Å². The van der Waals surface area contributed by atoms with E-state index >= 15 is 0 Å². The molecule has 2 heteroatoms. The molecule has 88 valence electrons. The van der Waals surface area contributed by atoms with E-state index in [1.807, 2.05) is 0 Å². The number of hydrogen-bond acceptors (Lipinski definition) is 2. The molecule has 0 spiro atoms. The maximum atomic E-state index is 5.69. The number of benzene rings is 1. The Kier molecular flexibility index (Phi) is 3.62. The second-order valence-electron chi connectivity index (χ2n) is 4.54. The lowest BCUT2D eigenvalue weighted by Gasteiger charge is -2.36. The summed E-state index contributed by atoms with van der Waals surface area (Å²) in [6, 6.07) is 7.37. The van der Waals surface area contributed by atoms with Gasteiger partial charge in [0, 0.05) is 19.1 Å². The molecule has 0 saturated carbocycles. The second-order valence-corrected chi connectivity index (χ2v) is 4.54. The van der Waals surface area contributed by atoms with Crippen molar-refractivity contribution in [1.29, 1.82) is 0 Å². The molecule has 2 nitrogen and oxygen atoms in total. The van der Waals surface area contributed by atoms with Gasteiger partial charge in [0.2, 0.25) is 0 Å². The Labute approximate surface area is 98.4 Å². The highest BCUT2D eigenvalue weighted by atomic mass is 15.2. The number of nitrogens with zero attached hydrogens (tertiary/aromatic N) is 1. The molecule has 0 saturated heterocycles. The zero-order chi connectivity index (χ0) is 11.5. The fourth-order valence-electron chi connectivity index (χ4n) is 2.80. The number of nitrogens with two attached hydrogens (primary N) is 1. The van der Waals surface area contributed by atoms with Crippen LogP contribution in [0.4, 0.5) is 0 Å². The second kappa shape index (κ2) is 4.98. The molecule has 1 unspecified atom stereocenters. The third kappa shape index (κ3) is 2.00. The Bertz CT molecular complexity index is 360. The van der Waals surface area contributed by atoms with E-state index in [2.05, 4.69) is 36.9 Å². The van der Waals surface area contributed by atoms with Crippen LogP contribution in [0.1, 0.15) is 43.0 Å². The standard InChI is InChI=1S/C14H22N2/c1-3-14-13-6-5-11(10-15)9-12(13)7-8-16(14)4-2/h5-6,9,14H,3-4,7-8,10,15H2,1-2H3. The van der Waals surface area contributed by atoms with Crippen LogP contribution in [0.15, 0.2) is 18.2 Å². The average Bonchev–Trinajstić information content (AvgIpc) is 2.36. The average molecular weight is 218 g/mol. The molecule has 2 rings (SSSR count). The first-order chi connectivity index (χ1) is 7.80.